The summed E-state index contributed by atoms with van der Waals surface area (Å²) < 4.78 is 24.6. The highest BCUT2D eigenvalue weighted by Crippen LogP contribution is 2.20. The Morgan fingerprint density at radius 2 is 2.21 bits per heavy atom. The summed E-state index contributed by atoms with van der Waals surface area (Å²) in [5.41, 5.74) is 0.430. The molecule has 3 rings (SSSR count). The van der Waals surface area contributed by atoms with E-state index in [2.05, 4.69) is 15.6 Å². The predicted octanol–water partition coefficient (Wildman–Crippen LogP) is 3.68. The third kappa shape index (κ3) is 7.76. The van der Waals surface area contributed by atoms with E-state index in [0.29, 0.717) is 31.0 Å². The van der Waals surface area contributed by atoms with Crippen molar-refractivity contribution in [2.45, 2.75) is 31.5 Å². The first-order valence-electron chi connectivity index (χ1n) is 9.41. The fraction of sp³-hybridized carbons (Fsp3) is 0.450. The van der Waals surface area contributed by atoms with Gasteiger partial charge in [-0.2, -0.15) is 0 Å². The maximum absolute atomic E-state index is 13.6. The lowest BCUT2D eigenvalue weighted by Gasteiger charge is -2.16. The van der Waals surface area contributed by atoms with Crippen LogP contribution in [0.2, 0.25) is 5.02 Å². The molecule has 0 amide bonds. The van der Waals surface area contributed by atoms with Crippen molar-refractivity contribution in [3.05, 3.63) is 58.8 Å². The lowest BCUT2D eigenvalue weighted by Crippen LogP contribution is -2.42. The Balaban J connectivity index is 0.00000300. The zero-order valence-corrected chi connectivity index (χ0v) is 19.0. The first-order valence-corrected chi connectivity index (χ1v) is 9.79. The van der Waals surface area contributed by atoms with Crippen molar-refractivity contribution in [3.8, 4) is 0 Å². The smallest absolute Gasteiger partial charge is 0.191 e. The Kier molecular flexibility index (Phi) is 10.2. The van der Waals surface area contributed by atoms with E-state index in [4.69, 9.17) is 20.8 Å². The first-order chi connectivity index (χ1) is 13.6. The van der Waals surface area contributed by atoms with E-state index in [-0.39, 0.29) is 41.6 Å². The minimum Gasteiger partial charge on any atom is -0.469 e. The third-order valence-electron chi connectivity index (χ3n) is 4.52. The summed E-state index contributed by atoms with van der Waals surface area (Å²) in [6.45, 7) is 2.13. The average molecular weight is 538 g/mol. The molecule has 2 aromatic rings. The summed E-state index contributed by atoms with van der Waals surface area (Å²) in [5.74, 6) is 0.883. The number of guanidine groups is 1. The SMILES string of the molecule is I.OC(CN=C(NCCc1ccco1)NCC1CCCO1)c1ccc(Cl)c(F)c1. The van der Waals surface area contributed by atoms with Gasteiger partial charge in [0.15, 0.2) is 5.96 Å². The number of nitrogens with one attached hydrogen (secondary N) is 2. The Bertz CT molecular complexity index is 770. The number of ether oxygens (including phenoxy) is 1. The lowest BCUT2D eigenvalue weighted by atomic mass is 10.1. The van der Waals surface area contributed by atoms with Crippen molar-refractivity contribution in [3.63, 3.8) is 0 Å². The van der Waals surface area contributed by atoms with Crippen LogP contribution in [0, 0.1) is 5.82 Å². The Labute approximate surface area is 191 Å². The largest absolute Gasteiger partial charge is 0.469 e. The van der Waals surface area contributed by atoms with E-state index in [0.717, 1.165) is 25.2 Å². The van der Waals surface area contributed by atoms with Crippen molar-refractivity contribution >= 4 is 41.5 Å². The van der Waals surface area contributed by atoms with Crippen LogP contribution < -0.4 is 10.6 Å². The molecular weight excluding hydrogens is 512 g/mol. The van der Waals surface area contributed by atoms with Crippen molar-refractivity contribution < 1.29 is 18.7 Å². The molecule has 1 fully saturated rings. The monoisotopic (exact) mass is 537 g/mol. The zero-order valence-electron chi connectivity index (χ0n) is 15.9. The molecule has 1 aromatic heterocycles. The second kappa shape index (κ2) is 12.4. The van der Waals surface area contributed by atoms with Crippen LogP contribution >= 0.6 is 35.6 Å². The molecule has 1 aromatic carbocycles. The van der Waals surface area contributed by atoms with E-state index in [9.17, 15) is 9.50 Å². The summed E-state index contributed by atoms with van der Waals surface area (Å²) in [4.78, 5) is 4.43. The van der Waals surface area contributed by atoms with Gasteiger partial charge in [-0.05, 0) is 42.7 Å². The molecule has 1 saturated heterocycles. The quantitative estimate of drug-likeness (QED) is 0.272. The zero-order chi connectivity index (χ0) is 19.8. The average Bonchev–Trinajstić information content (AvgIpc) is 3.39. The third-order valence-corrected chi connectivity index (χ3v) is 4.82. The molecule has 2 atom stereocenters. The summed E-state index contributed by atoms with van der Waals surface area (Å²) in [7, 11) is 0. The summed E-state index contributed by atoms with van der Waals surface area (Å²) in [5, 5.41) is 16.8. The van der Waals surface area contributed by atoms with Gasteiger partial charge in [0, 0.05) is 26.1 Å². The Hall–Kier alpha value is -1.36. The summed E-state index contributed by atoms with van der Waals surface area (Å²) >= 11 is 5.69. The van der Waals surface area contributed by atoms with Gasteiger partial charge >= 0.3 is 0 Å². The van der Waals surface area contributed by atoms with Crippen LogP contribution in [-0.2, 0) is 11.2 Å². The van der Waals surface area contributed by atoms with Crippen LogP contribution in [0.4, 0.5) is 4.39 Å². The van der Waals surface area contributed by atoms with E-state index in [1.807, 2.05) is 12.1 Å². The minimum atomic E-state index is -0.932. The highest BCUT2D eigenvalue weighted by Gasteiger charge is 2.16. The molecule has 1 aliphatic heterocycles. The predicted molar refractivity (Wildman–Crippen MR) is 121 cm³/mol. The molecule has 0 saturated carbocycles. The van der Waals surface area contributed by atoms with Gasteiger partial charge in [0.25, 0.3) is 0 Å². The molecule has 6 nitrogen and oxygen atoms in total. The van der Waals surface area contributed by atoms with Crippen molar-refractivity contribution in [2.75, 3.05) is 26.2 Å². The van der Waals surface area contributed by atoms with Crippen LogP contribution in [0.3, 0.4) is 0 Å². The van der Waals surface area contributed by atoms with Crippen molar-refractivity contribution in [2.24, 2.45) is 4.99 Å². The van der Waals surface area contributed by atoms with E-state index < -0.39 is 11.9 Å². The number of benzene rings is 1. The Morgan fingerprint density at radius 3 is 2.90 bits per heavy atom. The number of nitrogens with zero attached hydrogens (tertiary/aromatic N) is 1. The fourth-order valence-corrected chi connectivity index (χ4v) is 3.07. The summed E-state index contributed by atoms with van der Waals surface area (Å²) in [6.07, 6.45) is 3.65. The highest BCUT2D eigenvalue weighted by atomic mass is 127. The van der Waals surface area contributed by atoms with Crippen LogP contribution in [0.25, 0.3) is 0 Å². The molecule has 160 valence electrons. The Morgan fingerprint density at radius 1 is 1.34 bits per heavy atom. The van der Waals surface area contributed by atoms with Crippen molar-refractivity contribution in [1.29, 1.82) is 0 Å². The molecule has 2 unspecified atom stereocenters. The molecule has 3 N–H and O–H groups in total. The standard InChI is InChI=1S/C20H25ClFN3O3.HI/c21-17-6-5-14(11-18(17)22)19(26)13-25-20(24-12-16-4-2-10-28-16)23-8-7-15-3-1-9-27-15;/h1,3,5-6,9,11,16,19,26H,2,4,7-8,10,12-13H2,(H2,23,24,25);1H. The van der Waals surface area contributed by atoms with Gasteiger partial charge in [0.2, 0.25) is 0 Å². The number of furan rings is 1. The van der Waals surface area contributed by atoms with Gasteiger partial charge in [-0.1, -0.05) is 17.7 Å². The lowest BCUT2D eigenvalue weighted by molar-refractivity contribution is 0.113. The van der Waals surface area contributed by atoms with E-state index in [1.165, 1.54) is 12.1 Å². The highest BCUT2D eigenvalue weighted by molar-refractivity contribution is 14.0. The van der Waals surface area contributed by atoms with Crippen LogP contribution in [0.15, 0.2) is 46.0 Å². The molecule has 0 radical (unpaired) electrons. The maximum Gasteiger partial charge on any atom is 0.191 e. The molecule has 0 spiro atoms. The molecule has 0 bridgehead atoms. The van der Waals surface area contributed by atoms with Gasteiger partial charge in [-0.15, -0.1) is 24.0 Å². The van der Waals surface area contributed by atoms with Gasteiger partial charge in [0.05, 0.1) is 30.0 Å². The number of rotatable bonds is 8. The topological polar surface area (TPSA) is 79.0 Å². The molecule has 29 heavy (non-hydrogen) atoms. The molecule has 1 aliphatic rings. The van der Waals surface area contributed by atoms with Crippen molar-refractivity contribution in [1.82, 2.24) is 10.6 Å². The van der Waals surface area contributed by atoms with Crippen LogP contribution in [0.5, 0.6) is 0 Å². The number of hydrogen-bond donors (Lipinski definition) is 3. The van der Waals surface area contributed by atoms with Crippen LogP contribution in [0.1, 0.15) is 30.3 Å². The minimum absolute atomic E-state index is 0. The number of hydrogen-bond acceptors (Lipinski definition) is 4. The first kappa shape index (κ1) is 23.9. The second-order valence-electron chi connectivity index (χ2n) is 6.65. The van der Waals surface area contributed by atoms with Gasteiger partial charge in [0.1, 0.15) is 11.6 Å². The number of halogens is 3. The number of aliphatic imine (C=N–C) groups is 1. The number of aliphatic hydroxyl groups excluding tert-OH is 1. The van der Waals surface area contributed by atoms with E-state index >= 15 is 0 Å². The van der Waals surface area contributed by atoms with Crippen LogP contribution in [-0.4, -0.2) is 43.4 Å². The molecule has 9 heteroatoms. The van der Waals surface area contributed by atoms with Gasteiger partial charge in [-0.25, -0.2) is 4.39 Å². The maximum atomic E-state index is 13.6. The molecular formula is C20H26ClFIN3O3. The fourth-order valence-electron chi connectivity index (χ4n) is 2.95. The number of aliphatic hydroxyl groups is 1. The normalized spacial score (nSPS) is 17.6. The van der Waals surface area contributed by atoms with Gasteiger partial charge < -0.3 is 24.9 Å². The molecule has 0 aliphatic carbocycles. The van der Waals surface area contributed by atoms with E-state index in [1.54, 1.807) is 12.3 Å². The summed E-state index contributed by atoms with van der Waals surface area (Å²) in [6, 6.07) is 8.01. The second-order valence-corrected chi connectivity index (χ2v) is 7.06. The molecule has 2 heterocycles. The van der Waals surface area contributed by atoms with Gasteiger partial charge in [-0.3, -0.25) is 4.99 Å².